The van der Waals surface area contributed by atoms with Crippen molar-refractivity contribution in [3.05, 3.63) is 52.0 Å². The number of fused-ring (bicyclic) bond motifs is 1. The van der Waals surface area contributed by atoms with E-state index in [0.29, 0.717) is 42.4 Å². The largest absolute Gasteiger partial charge is 0.315 e. The fourth-order valence-corrected chi connectivity index (χ4v) is 7.30. The van der Waals surface area contributed by atoms with Gasteiger partial charge < -0.3 is 9.80 Å². The summed E-state index contributed by atoms with van der Waals surface area (Å²) in [6.45, 7) is 4.92. The third-order valence-corrected chi connectivity index (χ3v) is 9.63. The van der Waals surface area contributed by atoms with Crippen molar-refractivity contribution in [1.29, 1.82) is 0 Å². The van der Waals surface area contributed by atoms with Gasteiger partial charge in [0.15, 0.2) is 0 Å². The lowest BCUT2D eigenvalue weighted by Gasteiger charge is -2.33. The lowest BCUT2D eigenvalue weighted by atomic mass is 9.96. The molecule has 0 aliphatic carbocycles. The first kappa shape index (κ1) is 24.9. The van der Waals surface area contributed by atoms with Crippen LogP contribution in [0.25, 0.3) is 0 Å². The smallest absolute Gasteiger partial charge is 0.244 e. The van der Waals surface area contributed by atoms with Crippen LogP contribution in [-0.2, 0) is 26.0 Å². The minimum absolute atomic E-state index is 0.00933. The predicted octanol–water partition coefficient (Wildman–Crippen LogP) is 4.12. The highest BCUT2D eigenvalue weighted by atomic mass is 79.9. The summed E-state index contributed by atoms with van der Waals surface area (Å²) < 4.78 is 29.0. The van der Waals surface area contributed by atoms with Gasteiger partial charge in [-0.25, -0.2) is 8.42 Å². The number of hydrogen-bond donors (Lipinski definition) is 0. The van der Waals surface area contributed by atoms with Crippen molar-refractivity contribution in [1.82, 2.24) is 4.31 Å². The fraction of sp³-hybridized carbons (Fsp3) is 0.440. The Balaban J connectivity index is 1.49. The van der Waals surface area contributed by atoms with Crippen LogP contribution in [-0.4, -0.2) is 51.2 Å². The lowest BCUT2D eigenvalue weighted by Crippen LogP contribution is -2.43. The summed E-state index contributed by atoms with van der Waals surface area (Å²) in [6.07, 6.45) is 2.02. The van der Waals surface area contributed by atoms with Crippen molar-refractivity contribution in [3.63, 3.8) is 0 Å². The van der Waals surface area contributed by atoms with Crippen LogP contribution in [0.15, 0.2) is 45.8 Å². The Morgan fingerprint density at radius 3 is 2.47 bits per heavy atom. The van der Waals surface area contributed by atoms with Gasteiger partial charge in [-0.3, -0.25) is 9.59 Å². The highest BCUT2D eigenvalue weighted by molar-refractivity contribution is 9.10. The molecular weight excluding hydrogens is 518 g/mol. The minimum Gasteiger partial charge on any atom is -0.315 e. The lowest BCUT2D eigenvalue weighted by molar-refractivity contribution is -0.123. The number of amides is 2. The van der Waals surface area contributed by atoms with Crippen molar-refractivity contribution in [2.45, 2.75) is 44.4 Å². The molecule has 0 saturated carbocycles. The van der Waals surface area contributed by atoms with Crippen LogP contribution >= 0.6 is 15.9 Å². The Labute approximate surface area is 209 Å². The van der Waals surface area contributed by atoms with E-state index in [2.05, 4.69) is 15.9 Å². The van der Waals surface area contributed by atoms with Gasteiger partial charge >= 0.3 is 0 Å². The molecule has 2 amide bonds. The molecule has 0 radical (unpaired) electrons. The number of anilines is 2. The number of sulfonamides is 1. The van der Waals surface area contributed by atoms with E-state index in [-0.39, 0.29) is 35.7 Å². The van der Waals surface area contributed by atoms with Crippen LogP contribution in [0.2, 0.25) is 0 Å². The van der Waals surface area contributed by atoms with E-state index < -0.39 is 10.0 Å². The maximum absolute atomic E-state index is 13.5. The van der Waals surface area contributed by atoms with Gasteiger partial charge in [-0.05, 0) is 77.5 Å². The molecule has 0 unspecified atom stereocenters. The number of hydrogen-bond acceptors (Lipinski definition) is 4. The van der Waals surface area contributed by atoms with E-state index >= 15 is 0 Å². The highest BCUT2D eigenvalue weighted by Crippen LogP contribution is 2.37. The summed E-state index contributed by atoms with van der Waals surface area (Å²) in [7, 11) is -2.00. The Bertz CT molecular complexity index is 1220. The van der Waals surface area contributed by atoms with Gasteiger partial charge in [-0.1, -0.05) is 19.1 Å². The Hall–Kier alpha value is -2.23. The summed E-state index contributed by atoms with van der Waals surface area (Å²) in [5.74, 6) is -0.227. The van der Waals surface area contributed by atoms with Crippen LogP contribution in [0.5, 0.6) is 0 Å². The van der Waals surface area contributed by atoms with Crippen molar-refractivity contribution < 1.29 is 18.0 Å². The van der Waals surface area contributed by atoms with Crippen molar-refractivity contribution in [2.24, 2.45) is 5.92 Å². The molecule has 2 aliphatic rings. The number of carbonyl (C=O) groups excluding carboxylic acids is 2. The SMILES string of the molecule is CCC(=O)N1CCc2cc(Br)c(S(=O)(=O)N3CCC(C(=O)N(C)c4cccc(C)c4)CC3)cc21. The van der Waals surface area contributed by atoms with Gasteiger partial charge in [0.25, 0.3) is 0 Å². The van der Waals surface area contributed by atoms with Gasteiger partial charge in [-0.15, -0.1) is 0 Å². The Morgan fingerprint density at radius 2 is 1.82 bits per heavy atom. The van der Waals surface area contributed by atoms with Crippen molar-refractivity contribution in [3.8, 4) is 0 Å². The molecule has 2 heterocycles. The van der Waals surface area contributed by atoms with Gasteiger partial charge in [0.1, 0.15) is 0 Å². The quantitative estimate of drug-likeness (QED) is 0.564. The summed E-state index contributed by atoms with van der Waals surface area (Å²) >= 11 is 3.44. The molecule has 4 rings (SSSR count). The molecule has 9 heteroatoms. The Kier molecular flexibility index (Phi) is 7.17. The monoisotopic (exact) mass is 547 g/mol. The summed E-state index contributed by atoms with van der Waals surface area (Å²) in [5, 5.41) is 0. The first-order valence-corrected chi connectivity index (χ1v) is 13.8. The molecule has 2 aromatic carbocycles. The third-order valence-electron chi connectivity index (χ3n) is 6.77. The van der Waals surface area contributed by atoms with E-state index in [1.165, 1.54) is 4.31 Å². The second-order valence-corrected chi connectivity index (χ2v) is 11.7. The minimum atomic E-state index is -3.77. The number of nitrogens with zero attached hydrogens (tertiary/aromatic N) is 3. The molecule has 2 aromatic rings. The number of carbonyl (C=O) groups is 2. The highest BCUT2D eigenvalue weighted by Gasteiger charge is 2.36. The molecule has 1 fully saturated rings. The summed E-state index contributed by atoms with van der Waals surface area (Å²) in [6, 6.07) is 11.2. The molecular formula is C25H30BrN3O4S. The van der Waals surface area contributed by atoms with Gasteiger partial charge in [0.05, 0.1) is 4.90 Å². The molecule has 2 aliphatic heterocycles. The molecule has 0 spiro atoms. The van der Waals surface area contributed by atoms with E-state index in [9.17, 15) is 18.0 Å². The van der Waals surface area contributed by atoms with Crippen LogP contribution in [0.3, 0.4) is 0 Å². The second kappa shape index (κ2) is 9.79. The maximum Gasteiger partial charge on any atom is 0.244 e. The van der Waals surface area contributed by atoms with Gasteiger partial charge in [-0.2, -0.15) is 4.31 Å². The number of piperidine rings is 1. The van der Waals surface area contributed by atoms with Gasteiger partial charge in [0, 0.05) is 54.9 Å². The molecule has 7 nitrogen and oxygen atoms in total. The zero-order valence-corrected chi connectivity index (χ0v) is 22.2. The van der Waals surface area contributed by atoms with Crippen LogP contribution < -0.4 is 9.80 Å². The standard InChI is InChI=1S/C25H30BrN3O4S/c1-4-24(30)29-13-10-19-15-21(26)23(16-22(19)29)34(32,33)28-11-8-18(9-12-28)25(31)27(3)20-7-5-6-17(2)14-20/h5-7,14-16,18H,4,8-13H2,1-3H3. The predicted molar refractivity (Wildman–Crippen MR) is 137 cm³/mol. The Morgan fingerprint density at radius 1 is 1.12 bits per heavy atom. The normalized spacial score (nSPS) is 17.0. The van der Waals surface area contributed by atoms with Crippen molar-refractivity contribution in [2.75, 3.05) is 36.5 Å². The summed E-state index contributed by atoms with van der Waals surface area (Å²) in [5.41, 5.74) is 3.57. The first-order valence-electron chi connectivity index (χ1n) is 11.6. The average molecular weight is 549 g/mol. The molecule has 0 bridgehead atoms. The number of halogens is 1. The third kappa shape index (κ3) is 4.65. The first-order chi connectivity index (χ1) is 16.1. The van der Waals surface area contributed by atoms with E-state index in [1.807, 2.05) is 37.3 Å². The van der Waals surface area contributed by atoms with Crippen LogP contribution in [0.1, 0.15) is 37.3 Å². The second-order valence-electron chi connectivity index (χ2n) is 8.97. The molecule has 34 heavy (non-hydrogen) atoms. The molecule has 0 atom stereocenters. The fourth-order valence-electron chi connectivity index (χ4n) is 4.76. The summed E-state index contributed by atoms with van der Waals surface area (Å²) in [4.78, 5) is 28.9. The number of benzene rings is 2. The molecule has 0 aromatic heterocycles. The zero-order valence-electron chi connectivity index (χ0n) is 19.8. The zero-order chi connectivity index (χ0) is 24.6. The number of rotatable bonds is 5. The van der Waals surface area contributed by atoms with Crippen LogP contribution in [0.4, 0.5) is 11.4 Å². The van der Waals surface area contributed by atoms with E-state index in [1.54, 1.807) is 29.8 Å². The molecule has 0 N–H and O–H groups in total. The van der Waals surface area contributed by atoms with Crippen molar-refractivity contribution >= 4 is 49.1 Å². The van der Waals surface area contributed by atoms with Crippen LogP contribution in [0, 0.1) is 12.8 Å². The maximum atomic E-state index is 13.5. The molecule has 182 valence electrons. The topological polar surface area (TPSA) is 78.0 Å². The van der Waals surface area contributed by atoms with Gasteiger partial charge in [0.2, 0.25) is 21.8 Å². The van der Waals surface area contributed by atoms with E-state index in [0.717, 1.165) is 16.8 Å². The molecule has 1 saturated heterocycles. The average Bonchev–Trinajstić information content (AvgIpc) is 3.24. The van der Waals surface area contributed by atoms with E-state index in [4.69, 9.17) is 0 Å². The number of aryl methyl sites for hydroxylation is 1.